The molecule has 0 spiro atoms. The molecule has 4 rings (SSSR count). The van der Waals surface area contributed by atoms with Crippen LogP contribution in [0, 0.1) is 0 Å². The molecule has 2 aromatic carbocycles. The Bertz CT molecular complexity index is 1220. The van der Waals surface area contributed by atoms with Gasteiger partial charge in [0, 0.05) is 30.0 Å². The van der Waals surface area contributed by atoms with Gasteiger partial charge in [0.2, 0.25) is 5.88 Å². The van der Waals surface area contributed by atoms with E-state index in [0.717, 1.165) is 5.39 Å². The molecule has 1 fully saturated rings. The van der Waals surface area contributed by atoms with Crippen molar-refractivity contribution in [2.75, 3.05) is 13.1 Å². The second-order valence-corrected chi connectivity index (χ2v) is 7.56. The average molecular weight is 498 g/mol. The zero-order chi connectivity index (χ0) is 25.8. The highest BCUT2D eigenvalue weighted by molar-refractivity contribution is 5.94. The van der Waals surface area contributed by atoms with Gasteiger partial charge in [-0.3, -0.25) is 4.79 Å². The van der Waals surface area contributed by atoms with Crippen molar-refractivity contribution in [2.24, 2.45) is 0 Å². The van der Waals surface area contributed by atoms with Crippen LogP contribution in [0.25, 0.3) is 10.9 Å². The summed E-state index contributed by atoms with van der Waals surface area (Å²) >= 11 is 0. The maximum absolute atomic E-state index is 14.4. The second kappa shape index (κ2) is 10.1. The molecule has 2 heterocycles. The van der Waals surface area contributed by atoms with Crippen LogP contribution in [-0.2, 0) is 4.79 Å². The lowest BCUT2D eigenvalue weighted by Crippen LogP contribution is -2.55. The van der Waals surface area contributed by atoms with Crippen molar-refractivity contribution in [1.82, 2.24) is 9.88 Å². The number of aromatic hydroxyl groups is 1. The van der Waals surface area contributed by atoms with Crippen LogP contribution < -0.4 is 4.74 Å². The number of pyridine rings is 1. The van der Waals surface area contributed by atoms with Crippen molar-refractivity contribution >= 4 is 22.8 Å². The van der Waals surface area contributed by atoms with Gasteiger partial charge in [-0.15, -0.1) is 0 Å². The third kappa shape index (κ3) is 6.55. The van der Waals surface area contributed by atoms with Crippen molar-refractivity contribution in [3.63, 3.8) is 0 Å². The average Bonchev–Trinajstić information content (AvgIpc) is 2.79. The molecule has 3 aromatic rings. The second-order valence-electron chi connectivity index (χ2n) is 7.56. The number of piperidine rings is 1. The molecule has 0 aliphatic carbocycles. The van der Waals surface area contributed by atoms with Crippen LogP contribution in [0.4, 0.5) is 22.0 Å². The number of halogens is 5. The molecule has 1 aliphatic rings. The predicted molar refractivity (Wildman–Crippen MR) is 113 cm³/mol. The Morgan fingerprint density at radius 2 is 1.74 bits per heavy atom. The number of phenolic OH excluding ortho intramolecular Hbond substituents is 1. The van der Waals surface area contributed by atoms with Crippen molar-refractivity contribution in [3.8, 4) is 11.6 Å². The maximum Gasteiger partial charge on any atom is 0.490 e. The summed E-state index contributed by atoms with van der Waals surface area (Å²) in [5, 5.41) is 17.6. The first-order valence-electron chi connectivity index (χ1n) is 10.2. The number of likely N-dealkylation sites (tertiary alicyclic amines) is 1. The first-order chi connectivity index (χ1) is 16.4. The summed E-state index contributed by atoms with van der Waals surface area (Å²) in [6.45, 7) is -0.359. The number of phenols is 1. The largest absolute Gasteiger partial charge is 0.508 e. The van der Waals surface area contributed by atoms with Gasteiger partial charge < -0.3 is 19.8 Å². The standard InChI is InChI=1S/C21H18F2N2O3.C2HF3O2/c22-21(23)10-11-25(20(27)15-5-3-6-16(26)12-15)13-18(21)28-19-9-8-14-4-1-2-7-17(14)24-19;3-2(4,5)1(6)7/h1-9,12,18,26H,10-11,13H2;(H,6,7). The molecule has 12 heteroatoms. The molecule has 0 saturated carbocycles. The molecular weight excluding hydrogens is 479 g/mol. The van der Waals surface area contributed by atoms with Gasteiger partial charge in [0.1, 0.15) is 5.75 Å². The molecule has 1 aromatic heterocycles. The van der Waals surface area contributed by atoms with Gasteiger partial charge in [-0.05, 0) is 30.3 Å². The van der Waals surface area contributed by atoms with Gasteiger partial charge in [0.25, 0.3) is 11.8 Å². The van der Waals surface area contributed by atoms with Crippen molar-refractivity contribution in [2.45, 2.75) is 24.6 Å². The number of aromatic nitrogens is 1. The molecule has 0 radical (unpaired) electrons. The number of aliphatic carboxylic acids is 1. The van der Waals surface area contributed by atoms with E-state index in [4.69, 9.17) is 14.6 Å². The monoisotopic (exact) mass is 498 g/mol. The van der Waals surface area contributed by atoms with E-state index in [-0.39, 0.29) is 30.3 Å². The molecule has 7 nitrogen and oxygen atoms in total. The van der Waals surface area contributed by atoms with Gasteiger partial charge >= 0.3 is 12.1 Å². The van der Waals surface area contributed by atoms with E-state index in [1.54, 1.807) is 18.2 Å². The lowest BCUT2D eigenvalue weighted by atomic mass is 10.0. The Balaban J connectivity index is 0.000000429. The Kier molecular flexibility index (Phi) is 7.42. The van der Waals surface area contributed by atoms with Gasteiger partial charge in [0.05, 0.1) is 12.1 Å². The number of fused-ring (bicyclic) bond motifs is 1. The molecule has 1 amide bonds. The highest BCUT2D eigenvalue weighted by Gasteiger charge is 2.47. The predicted octanol–water partition coefficient (Wildman–Crippen LogP) is 4.50. The Labute approximate surface area is 195 Å². The number of rotatable bonds is 3. The van der Waals surface area contributed by atoms with Gasteiger partial charge in [-0.1, -0.05) is 24.3 Å². The lowest BCUT2D eigenvalue weighted by Gasteiger charge is -2.38. The summed E-state index contributed by atoms with van der Waals surface area (Å²) in [4.78, 5) is 27.1. The molecule has 35 heavy (non-hydrogen) atoms. The number of carbonyl (C=O) groups is 2. The van der Waals surface area contributed by atoms with Gasteiger partial charge in [0.15, 0.2) is 6.10 Å². The van der Waals surface area contributed by atoms with Crippen LogP contribution in [0.15, 0.2) is 60.7 Å². The zero-order valence-corrected chi connectivity index (χ0v) is 17.9. The smallest absolute Gasteiger partial charge is 0.490 e. The summed E-state index contributed by atoms with van der Waals surface area (Å²) in [6.07, 6.45) is -7.09. The summed E-state index contributed by atoms with van der Waals surface area (Å²) in [5.74, 6) is -6.22. The number of alkyl halides is 5. The molecule has 1 saturated heterocycles. The van der Waals surface area contributed by atoms with E-state index in [9.17, 15) is 31.9 Å². The fourth-order valence-electron chi connectivity index (χ4n) is 3.26. The van der Waals surface area contributed by atoms with Crippen molar-refractivity contribution in [1.29, 1.82) is 0 Å². The Morgan fingerprint density at radius 3 is 2.40 bits per heavy atom. The number of carboxylic acids is 1. The van der Waals surface area contributed by atoms with Crippen LogP contribution >= 0.6 is 0 Å². The first kappa shape index (κ1) is 25.7. The molecule has 1 unspecified atom stereocenters. The Hall–Kier alpha value is -3.96. The van der Waals surface area contributed by atoms with E-state index in [1.807, 2.05) is 18.2 Å². The minimum absolute atomic E-state index is 0.0543. The maximum atomic E-state index is 14.4. The molecule has 2 N–H and O–H groups in total. The molecule has 186 valence electrons. The lowest BCUT2D eigenvalue weighted by molar-refractivity contribution is -0.192. The van der Waals surface area contributed by atoms with Gasteiger partial charge in [-0.2, -0.15) is 13.2 Å². The molecular formula is C23H19F5N2O5. The van der Waals surface area contributed by atoms with E-state index in [0.29, 0.717) is 5.52 Å². The SMILES string of the molecule is O=C(O)C(F)(F)F.O=C(c1cccc(O)c1)N1CCC(F)(F)C(Oc2ccc3ccccc3n2)C1. The summed E-state index contributed by atoms with van der Waals surface area (Å²) in [5.41, 5.74) is 0.889. The number of ether oxygens (including phenoxy) is 1. The molecule has 1 aliphatic heterocycles. The van der Waals surface area contributed by atoms with Crippen molar-refractivity contribution in [3.05, 3.63) is 66.2 Å². The number of amides is 1. The normalized spacial score (nSPS) is 17.3. The summed E-state index contributed by atoms with van der Waals surface area (Å²) in [7, 11) is 0. The highest BCUT2D eigenvalue weighted by atomic mass is 19.4. The van der Waals surface area contributed by atoms with Crippen LogP contribution in [-0.4, -0.2) is 63.3 Å². The molecule has 1 atom stereocenters. The number of hydrogen-bond donors (Lipinski definition) is 2. The van der Waals surface area contributed by atoms with E-state index >= 15 is 0 Å². The summed E-state index contributed by atoms with van der Waals surface area (Å²) < 4.78 is 66.1. The zero-order valence-electron chi connectivity index (χ0n) is 17.9. The summed E-state index contributed by atoms with van der Waals surface area (Å²) in [6, 6.07) is 16.5. The van der Waals surface area contributed by atoms with Crippen LogP contribution in [0.3, 0.4) is 0 Å². The van der Waals surface area contributed by atoms with Gasteiger partial charge in [-0.25, -0.2) is 18.6 Å². The number of para-hydroxylation sites is 1. The highest BCUT2D eigenvalue weighted by Crippen LogP contribution is 2.32. The number of nitrogens with zero attached hydrogens (tertiary/aromatic N) is 2. The minimum atomic E-state index is -5.08. The molecule has 0 bridgehead atoms. The fraction of sp³-hybridized carbons (Fsp3) is 0.261. The topological polar surface area (TPSA) is 100.0 Å². The van der Waals surface area contributed by atoms with E-state index in [1.165, 1.54) is 29.2 Å². The number of carboxylic acid groups (broad SMARTS) is 1. The van der Waals surface area contributed by atoms with Crippen LogP contribution in [0.5, 0.6) is 11.6 Å². The van der Waals surface area contributed by atoms with Crippen LogP contribution in [0.1, 0.15) is 16.8 Å². The third-order valence-electron chi connectivity index (χ3n) is 5.03. The van der Waals surface area contributed by atoms with E-state index in [2.05, 4.69) is 4.98 Å². The third-order valence-corrected chi connectivity index (χ3v) is 5.03. The van der Waals surface area contributed by atoms with Crippen molar-refractivity contribution < 1.29 is 46.5 Å². The number of benzene rings is 2. The Morgan fingerprint density at radius 1 is 1.06 bits per heavy atom. The fourth-order valence-corrected chi connectivity index (χ4v) is 3.26. The number of hydrogen-bond acceptors (Lipinski definition) is 5. The first-order valence-corrected chi connectivity index (χ1v) is 10.2. The quantitative estimate of drug-likeness (QED) is 0.516. The number of carbonyl (C=O) groups excluding carboxylic acids is 1. The van der Waals surface area contributed by atoms with Crippen LogP contribution in [0.2, 0.25) is 0 Å². The van der Waals surface area contributed by atoms with E-state index < -0.39 is 36.5 Å². The minimum Gasteiger partial charge on any atom is -0.508 e.